The van der Waals surface area contributed by atoms with Gasteiger partial charge < -0.3 is 14.8 Å². The highest BCUT2D eigenvalue weighted by Gasteiger charge is 2.36. The van der Waals surface area contributed by atoms with E-state index in [0.717, 1.165) is 6.04 Å². The molecule has 0 spiro atoms. The van der Waals surface area contributed by atoms with E-state index in [1.165, 1.54) is 0 Å². The van der Waals surface area contributed by atoms with Crippen LogP contribution in [0.4, 0.5) is 13.2 Å². The van der Waals surface area contributed by atoms with Crippen LogP contribution in [0.15, 0.2) is 23.9 Å². The fraction of sp³-hybridized carbons (Fsp3) is 0.667. The number of alkyl halides is 3. The molecule has 0 atom stereocenters. The smallest absolute Gasteiger partial charge is 0.418 e. The molecule has 0 aliphatic heterocycles. The molecule has 0 fully saturated rings. The molecule has 23 heavy (non-hydrogen) atoms. The van der Waals surface area contributed by atoms with E-state index < -0.39 is 31.5 Å². The van der Waals surface area contributed by atoms with Gasteiger partial charge in [0.25, 0.3) is 0 Å². The Morgan fingerprint density at radius 2 is 1.87 bits per heavy atom. The number of ether oxygens (including phenoxy) is 2. The van der Waals surface area contributed by atoms with Crippen LogP contribution in [0.1, 0.15) is 13.3 Å². The molecule has 134 valence electrons. The van der Waals surface area contributed by atoms with Crippen LogP contribution >= 0.6 is 0 Å². The van der Waals surface area contributed by atoms with Gasteiger partial charge in [-0.1, -0.05) is 39.2 Å². The Morgan fingerprint density at radius 3 is 2.30 bits per heavy atom. The van der Waals surface area contributed by atoms with Gasteiger partial charge in [0.1, 0.15) is 12.4 Å². The molecule has 0 unspecified atom stereocenters. The second kappa shape index (κ2) is 9.77. The number of rotatable bonds is 10. The Morgan fingerprint density at radius 1 is 1.26 bits per heavy atom. The van der Waals surface area contributed by atoms with E-state index in [-0.39, 0.29) is 13.3 Å². The number of carbonyl (C=O) groups is 1. The lowest BCUT2D eigenvalue weighted by Crippen LogP contribution is -2.31. The highest BCUT2D eigenvalue weighted by molar-refractivity contribution is 6.76. The largest absolute Gasteiger partial charge is 0.461 e. The zero-order valence-electron chi connectivity index (χ0n) is 14.2. The maximum Gasteiger partial charge on any atom is 0.418 e. The van der Waals surface area contributed by atoms with E-state index in [4.69, 9.17) is 9.47 Å². The standard InChI is InChI=1S/C15H26F3NO3Si/c1-6-8-22-14(20)13(12(7-2)15(16,17)18)19-11-21-9-10-23(3,4)5/h7,19H,2,6,8-11H2,1,3-5H3/b13-12+. The third-order valence-corrected chi connectivity index (χ3v) is 4.47. The van der Waals surface area contributed by atoms with Crippen molar-refractivity contribution in [2.24, 2.45) is 0 Å². The van der Waals surface area contributed by atoms with Crippen molar-refractivity contribution in [2.75, 3.05) is 19.9 Å². The number of hydrogen-bond donors (Lipinski definition) is 1. The molecule has 0 aromatic heterocycles. The first kappa shape index (κ1) is 21.7. The molecular formula is C15H26F3NO3Si. The predicted octanol–water partition coefficient (Wildman–Crippen LogP) is 3.84. The fourth-order valence-electron chi connectivity index (χ4n) is 1.48. The average molecular weight is 353 g/mol. The van der Waals surface area contributed by atoms with E-state index in [1.807, 2.05) is 0 Å². The minimum atomic E-state index is -4.70. The van der Waals surface area contributed by atoms with Crippen LogP contribution in [-0.4, -0.2) is 40.2 Å². The van der Waals surface area contributed by atoms with Gasteiger partial charge in [0.05, 0.1) is 12.2 Å². The first-order chi connectivity index (χ1) is 10.5. The van der Waals surface area contributed by atoms with E-state index >= 15 is 0 Å². The molecule has 0 bridgehead atoms. The van der Waals surface area contributed by atoms with Gasteiger partial charge in [0, 0.05) is 14.7 Å². The van der Waals surface area contributed by atoms with Crippen molar-refractivity contribution in [3.63, 3.8) is 0 Å². The molecule has 0 rings (SSSR count). The van der Waals surface area contributed by atoms with Crippen LogP contribution in [0.5, 0.6) is 0 Å². The van der Waals surface area contributed by atoms with Crippen molar-refractivity contribution in [3.8, 4) is 0 Å². The molecule has 8 heteroatoms. The van der Waals surface area contributed by atoms with Crippen LogP contribution in [0, 0.1) is 0 Å². The van der Waals surface area contributed by atoms with Crippen LogP contribution in [0.3, 0.4) is 0 Å². The summed E-state index contributed by atoms with van der Waals surface area (Å²) in [7, 11) is -1.29. The normalized spacial score (nSPS) is 13.3. The SMILES string of the molecule is C=C/C(=C(\NCOCC[Si](C)(C)C)C(=O)OCCC)C(F)(F)F. The lowest BCUT2D eigenvalue weighted by atomic mass is 10.2. The molecule has 0 radical (unpaired) electrons. The molecule has 0 amide bonds. The van der Waals surface area contributed by atoms with Gasteiger partial charge in [-0.05, 0) is 12.5 Å². The Kier molecular flexibility index (Phi) is 9.22. The molecule has 0 aliphatic rings. The van der Waals surface area contributed by atoms with Crippen molar-refractivity contribution in [1.82, 2.24) is 5.32 Å². The Balaban J connectivity index is 4.91. The van der Waals surface area contributed by atoms with Gasteiger partial charge in [0.15, 0.2) is 0 Å². The van der Waals surface area contributed by atoms with Crippen molar-refractivity contribution in [3.05, 3.63) is 23.9 Å². The van der Waals surface area contributed by atoms with Crippen LogP contribution in [-0.2, 0) is 14.3 Å². The minimum absolute atomic E-state index is 0.0444. The monoisotopic (exact) mass is 353 g/mol. The van der Waals surface area contributed by atoms with Crippen molar-refractivity contribution < 1.29 is 27.4 Å². The molecule has 0 saturated heterocycles. The second-order valence-electron chi connectivity index (χ2n) is 6.17. The van der Waals surface area contributed by atoms with Gasteiger partial charge in [0.2, 0.25) is 0 Å². The third kappa shape index (κ3) is 9.45. The first-order valence-corrected chi connectivity index (χ1v) is 11.2. The van der Waals surface area contributed by atoms with E-state index in [0.29, 0.717) is 19.1 Å². The van der Waals surface area contributed by atoms with Crippen LogP contribution < -0.4 is 5.32 Å². The highest BCUT2D eigenvalue weighted by Crippen LogP contribution is 2.28. The molecule has 4 nitrogen and oxygen atoms in total. The van der Waals surface area contributed by atoms with E-state index in [1.54, 1.807) is 6.92 Å². The quantitative estimate of drug-likeness (QED) is 0.162. The Labute approximate surface area is 136 Å². The maximum atomic E-state index is 13.0. The van der Waals surface area contributed by atoms with Gasteiger partial charge >= 0.3 is 12.1 Å². The van der Waals surface area contributed by atoms with Gasteiger partial charge in [-0.15, -0.1) is 0 Å². The van der Waals surface area contributed by atoms with Crippen molar-refractivity contribution in [1.29, 1.82) is 0 Å². The molecule has 1 N–H and O–H groups in total. The number of allylic oxidation sites excluding steroid dienone is 2. The summed E-state index contributed by atoms with van der Waals surface area (Å²) < 4.78 is 49.0. The summed E-state index contributed by atoms with van der Waals surface area (Å²) in [6, 6.07) is 0.877. The topological polar surface area (TPSA) is 47.6 Å². The molecule has 0 aromatic carbocycles. The summed E-state index contributed by atoms with van der Waals surface area (Å²) in [5, 5.41) is 2.38. The number of halogens is 3. The zero-order valence-corrected chi connectivity index (χ0v) is 15.2. The molecule has 0 saturated carbocycles. The zero-order chi connectivity index (χ0) is 18.1. The summed E-state index contributed by atoms with van der Waals surface area (Å²) in [4.78, 5) is 11.8. The summed E-state index contributed by atoms with van der Waals surface area (Å²) in [6.45, 7) is 11.6. The molecule has 0 aromatic rings. The summed E-state index contributed by atoms with van der Waals surface area (Å²) in [6.07, 6.45) is -3.59. The lowest BCUT2D eigenvalue weighted by Gasteiger charge is -2.18. The van der Waals surface area contributed by atoms with Crippen molar-refractivity contribution >= 4 is 14.0 Å². The molecular weight excluding hydrogens is 327 g/mol. The van der Waals surface area contributed by atoms with E-state index in [9.17, 15) is 18.0 Å². The molecule has 0 aliphatic carbocycles. The van der Waals surface area contributed by atoms with E-state index in [2.05, 4.69) is 31.5 Å². The Bertz CT molecular complexity index is 429. The number of esters is 1. The van der Waals surface area contributed by atoms with Gasteiger partial charge in [-0.3, -0.25) is 0 Å². The number of carbonyl (C=O) groups excluding carboxylic acids is 1. The number of nitrogens with one attached hydrogen (secondary N) is 1. The maximum absolute atomic E-state index is 13.0. The third-order valence-electron chi connectivity index (χ3n) is 2.77. The first-order valence-electron chi connectivity index (χ1n) is 7.45. The lowest BCUT2D eigenvalue weighted by molar-refractivity contribution is -0.141. The van der Waals surface area contributed by atoms with Crippen molar-refractivity contribution in [2.45, 2.75) is 45.2 Å². The summed E-state index contributed by atoms with van der Waals surface area (Å²) in [5.41, 5.74) is -1.83. The average Bonchev–Trinajstić information content (AvgIpc) is 2.40. The second-order valence-corrected chi connectivity index (χ2v) is 11.8. The Hall–Kier alpha value is -1.28. The molecule has 0 heterocycles. The predicted molar refractivity (Wildman–Crippen MR) is 86.6 cm³/mol. The van der Waals surface area contributed by atoms with Gasteiger partial charge in [-0.2, -0.15) is 13.2 Å². The highest BCUT2D eigenvalue weighted by atomic mass is 28.3. The van der Waals surface area contributed by atoms with Gasteiger partial charge in [-0.25, -0.2) is 4.79 Å². The minimum Gasteiger partial charge on any atom is -0.461 e. The fourth-order valence-corrected chi connectivity index (χ4v) is 2.23. The summed E-state index contributed by atoms with van der Waals surface area (Å²) in [5.74, 6) is -1.06. The number of hydrogen-bond acceptors (Lipinski definition) is 4. The van der Waals surface area contributed by atoms with Crippen LogP contribution in [0.2, 0.25) is 25.7 Å². The summed E-state index contributed by atoms with van der Waals surface area (Å²) >= 11 is 0. The van der Waals surface area contributed by atoms with Crippen LogP contribution in [0.25, 0.3) is 0 Å².